The summed E-state index contributed by atoms with van der Waals surface area (Å²) in [7, 11) is 0. The number of thiophene rings is 1. The van der Waals surface area contributed by atoms with Gasteiger partial charge in [-0.05, 0) is 48.8 Å². The maximum atomic E-state index is 9.30. The van der Waals surface area contributed by atoms with Crippen molar-refractivity contribution in [3.8, 4) is 11.4 Å². The third-order valence-electron chi connectivity index (χ3n) is 5.01. The Bertz CT molecular complexity index is 920. The summed E-state index contributed by atoms with van der Waals surface area (Å²) in [5.74, 6) is 1.63. The Balaban J connectivity index is 1.78. The fourth-order valence-corrected chi connectivity index (χ4v) is 4.72. The molecule has 2 N–H and O–H groups in total. The molecule has 1 aliphatic carbocycles. The Kier molecular flexibility index (Phi) is 4.63. The molecule has 3 aromatic heterocycles. The van der Waals surface area contributed by atoms with Crippen molar-refractivity contribution in [3.05, 3.63) is 35.0 Å². The molecule has 0 radical (unpaired) electrons. The van der Waals surface area contributed by atoms with Crippen LogP contribution in [-0.4, -0.2) is 33.2 Å². The van der Waals surface area contributed by atoms with Crippen molar-refractivity contribution in [2.75, 3.05) is 18.5 Å². The van der Waals surface area contributed by atoms with Crippen LogP contribution in [-0.2, 0) is 12.8 Å². The minimum atomic E-state index is -0.000314. The molecule has 0 amide bonds. The van der Waals surface area contributed by atoms with E-state index in [4.69, 9.17) is 9.97 Å². The van der Waals surface area contributed by atoms with Gasteiger partial charge in [-0.15, -0.1) is 11.3 Å². The summed E-state index contributed by atoms with van der Waals surface area (Å²) in [6.07, 6.45) is 7.80. The lowest BCUT2D eigenvalue weighted by molar-refractivity contribution is 0.220. The van der Waals surface area contributed by atoms with Gasteiger partial charge in [-0.25, -0.2) is 9.97 Å². The fraction of sp³-hybridized carbons (Fsp3) is 0.450. The zero-order valence-corrected chi connectivity index (χ0v) is 16.1. The molecule has 3 heterocycles. The molecule has 26 heavy (non-hydrogen) atoms. The first-order chi connectivity index (χ1) is 12.6. The van der Waals surface area contributed by atoms with Gasteiger partial charge in [0.15, 0.2) is 5.82 Å². The maximum Gasteiger partial charge on any atom is 0.164 e. The van der Waals surface area contributed by atoms with Gasteiger partial charge in [0.1, 0.15) is 10.6 Å². The van der Waals surface area contributed by atoms with Crippen molar-refractivity contribution in [3.63, 3.8) is 0 Å². The Hall–Kier alpha value is -2.05. The minimum absolute atomic E-state index is 0.000314. The normalized spacial score (nSPS) is 14.0. The molecule has 0 atom stereocenters. The van der Waals surface area contributed by atoms with Crippen molar-refractivity contribution in [1.82, 2.24) is 15.0 Å². The number of aromatic nitrogens is 3. The highest BCUT2D eigenvalue weighted by atomic mass is 32.1. The monoisotopic (exact) mass is 368 g/mol. The van der Waals surface area contributed by atoms with Crippen molar-refractivity contribution >= 4 is 27.4 Å². The van der Waals surface area contributed by atoms with E-state index < -0.39 is 0 Å². The van der Waals surface area contributed by atoms with Crippen LogP contribution in [0.4, 0.5) is 5.82 Å². The summed E-state index contributed by atoms with van der Waals surface area (Å²) in [5.41, 5.74) is 2.35. The number of pyridine rings is 1. The quantitative estimate of drug-likeness (QED) is 0.686. The van der Waals surface area contributed by atoms with Crippen molar-refractivity contribution in [1.29, 1.82) is 0 Å². The first-order valence-electron chi connectivity index (χ1n) is 9.15. The molecule has 0 saturated heterocycles. The van der Waals surface area contributed by atoms with E-state index in [0.717, 1.165) is 42.0 Å². The smallest absolute Gasteiger partial charge is 0.164 e. The molecule has 0 unspecified atom stereocenters. The lowest BCUT2D eigenvalue weighted by Gasteiger charge is -2.24. The fourth-order valence-electron chi connectivity index (χ4n) is 3.46. The van der Waals surface area contributed by atoms with E-state index in [-0.39, 0.29) is 12.0 Å². The summed E-state index contributed by atoms with van der Waals surface area (Å²) in [6.45, 7) is 5.28. The number of fused-ring (bicyclic) bond motifs is 3. The molecular weight excluding hydrogens is 344 g/mol. The molecule has 5 nitrogen and oxygen atoms in total. The van der Waals surface area contributed by atoms with Crippen LogP contribution < -0.4 is 5.32 Å². The lowest BCUT2D eigenvalue weighted by atomic mass is 9.90. The van der Waals surface area contributed by atoms with Gasteiger partial charge in [-0.1, -0.05) is 13.8 Å². The van der Waals surface area contributed by atoms with Crippen LogP contribution in [0, 0.1) is 5.41 Å². The number of anilines is 1. The maximum absolute atomic E-state index is 9.30. The van der Waals surface area contributed by atoms with Gasteiger partial charge in [0.05, 0.1) is 5.39 Å². The second-order valence-electron chi connectivity index (χ2n) is 7.67. The Morgan fingerprint density at radius 2 is 2.15 bits per heavy atom. The molecule has 0 spiro atoms. The molecule has 136 valence electrons. The second-order valence-corrected chi connectivity index (χ2v) is 8.75. The van der Waals surface area contributed by atoms with Gasteiger partial charge in [0.2, 0.25) is 0 Å². The van der Waals surface area contributed by atoms with Crippen molar-refractivity contribution in [2.45, 2.75) is 39.5 Å². The van der Waals surface area contributed by atoms with Crippen LogP contribution in [0.25, 0.3) is 21.6 Å². The molecule has 0 aromatic carbocycles. The largest absolute Gasteiger partial charge is 0.396 e. The predicted octanol–water partition coefficient (Wildman–Crippen LogP) is 4.06. The van der Waals surface area contributed by atoms with Crippen LogP contribution in [0.1, 0.15) is 37.1 Å². The number of hydrogen-bond acceptors (Lipinski definition) is 6. The molecule has 0 saturated carbocycles. The lowest BCUT2D eigenvalue weighted by Crippen LogP contribution is -2.24. The highest BCUT2D eigenvalue weighted by molar-refractivity contribution is 7.19. The minimum Gasteiger partial charge on any atom is -0.396 e. The van der Waals surface area contributed by atoms with Gasteiger partial charge in [-0.3, -0.25) is 4.98 Å². The zero-order valence-electron chi connectivity index (χ0n) is 15.2. The number of nitrogens with one attached hydrogen (secondary N) is 1. The number of hydrogen-bond donors (Lipinski definition) is 2. The van der Waals surface area contributed by atoms with E-state index in [1.54, 1.807) is 17.5 Å². The third-order valence-corrected chi connectivity index (χ3v) is 6.19. The van der Waals surface area contributed by atoms with Gasteiger partial charge in [0.25, 0.3) is 0 Å². The summed E-state index contributed by atoms with van der Waals surface area (Å²) < 4.78 is 0. The van der Waals surface area contributed by atoms with Gasteiger partial charge < -0.3 is 10.4 Å². The van der Waals surface area contributed by atoms with Crippen LogP contribution in [0.3, 0.4) is 0 Å². The topological polar surface area (TPSA) is 70.9 Å². The number of nitrogens with zero attached hydrogens (tertiary/aromatic N) is 3. The van der Waals surface area contributed by atoms with E-state index in [1.807, 2.05) is 18.3 Å². The number of aliphatic hydroxyl groups is 1. The van der Waals surface area contributed by atoms with Gasteiger partial charge in [0, 0.05) is 36.0 Å². The van der Waals surface area contributed by atoms with Gasteiger partial charge in [-0.2, -0.15) is 0 Å². The standard InChI is InChI=1S/C20H24N4OS/c1-20(2,8-10-25)12-22-18-16-14-6-3-7-15(14)26-19(16)24-17(23-18)13-5-4-9-21-11-13/h4-5,9,11,25H,3,6-8,10,12H2,1-2H3,(H,22,23,24). The van der Waals surface area contributed by atoms with Crippen LogP contribution in [0.15, 0.2) is 24.5 Å². The molecule has 3 aromatic rings. The summed E-state index contributed by atoms with van der Waals surface area (Å²) >= 11 is 1.80. The zero-order chi connectivity index (χ0) is 18.1. The average molecular weight is 369 g/mol. The molecule has 0 fully saturated rings. The highest BCUT2D eigenvalue weighted by Gasteiger charge is 2.24. The van der Waals surface area contributed by atoms with Gasteiger partial charge >= 0.3 is 0 Å². The number of rotatable bonds is 6. The van der Waals surface area contributed by atoms with Crippen molar-refractivity contribution in [2.24, 2.45) is 5.41 Å². The van der Waals surface area contributed by atoms with Crippen LogP contribution >= 0.6 is 11.3 Å². The SMILES string of the molecule is CC(C)(CCO)CNc1nc(-c2cccnc2)nc2sc3c(c12)CCC3. The molecular formula is C20H24N4OS. The summed E-state index contributed by atoms with van der Waals surface area (Å²) in [5, 5.41) is 14.1. The van der Waals surface area contributed by atoms with E-state index in [9.17, 15) is 5.11 Å². The summed E-state index contributed by atoms with van der Waals surface area (Å²) in [4.78, 5) is 16.4. The second kappa shape index (κ2) is 6.93. The molecule has 1 aliphatic rings. The number of aliphatic hydroxyl groups excluding tert-OH is 1. The van der Waals surface area contributed by atoms with Crippen LogP contribution in [0.5, 0.6) is 0 Å². The van der Waals surface area contributed by atoms with E-state index in [1.165, 1.54) is 22.2 Å². The first kappa shape index (κ1) is 17.4. The van der Waals surface area contributed by atoms with E-state index >= 15 is 0 Å². The Labute approximate surface area is 157 Å². The molecule has 6 heteroatoms. The first-order valence-corrected chi connectivity index (χ1v) is 9.96. The number of aryl methyl sites for hydroxylation is 2. The van der Waals surface area contributed by atoms with E-state index in [0.29, 0.717) is 5.82 Å². The predicted molar refractivity (Wildman–Crippen MR) is 107 cm³/mol. The summed E-state index contributed by atoms with van der Waals surface area (Å²) in [6, 6.07) is 3.91. The molecule has 0 aliphatic heterocycles. The Morgan fingerprint density at radius 1 is 1.27 bits per heavy atom. The van der Waals surface area contributed by atoms with Crippen LogP contribution in [0.2, 0.25) is 0 Å². The Morgan fingerprint density at radius 3 is 2.92 bits per heavy atom. The third kappa shape index (κ3) is 3.31. The van der Waals surface area contributed by atoms with E-state index in [2.05, 4.69) is 24.1 Å². The molecule has 0 bridgehead atoms. The highest BCUT2D eigenvalue weighted by Crippen LogP contribution is 2.40. The molecule has 4 rings (SSSR count). The average Bonchev–Trinajstić information content (AvgIpc) is 3.21. The van der Waals surface area contributed by atoms with Crippen molar-refractivity contribution < 1.29 is 5.11 Å².